The smallest absolute Gasteiger partial charge is 0.343 e. The Morgan fingerprint density at radius 1 is 1.42 bits per heavy atom. The quantitative estimate of drug-likeness (QED) is 0.500. The predicted octanol–water partition coefficient (Wildman–Crippen LogP) is 1.65. The van der Waals surface area contributed by atoms with Crippen molar-refractivity contribution in [1.82, 2.24) is 14.8 Å². The second-order valence-corrected chi connectivity index (χ2v) is 6.33. The van der Waals surface area contributed by atoms with Crippen molar-refractivity contribution in [2.75, 3.05) is 30.9 Å². The normalized spacial score (nSPS) is 10.5. The third-order valence-electron chi connectivity index (χ3n) is 3.59. The molecule has 0 radical (unpaired) electrons. The molecule has 0 unspecified atom stereocenters. The van der Waals surface area contributed by atoms with Crippen LogP contribution in [0.3, 0.4) is 0 Å². The topological polar surface area (TPSA) is 104 Å². The lowest BCUT2D eigenvalue weighted by molar-refractivity contribution is -0.116. The maximum Gasteiger partial charge on any atom is 0.343 e. The van der Waals surface area contributed by atoms with Crippen LogP contribution in [0.1, 0.15) is 12.8 Å². The van der Waals surface area contributed by atoms with Gasteiger partial charge in [-0.15, -0.1) is 5.10 Å². The number of methoxy groups -OCH3 is 1. The Balaban J connectivity index is 2.04. The molecule has 1 amide bonds. The zero-order chi connectivity index (χ0) is 18.8. The van der Waals surface area contributed by atoms with Gasteiger partial charge in [0.1, 0.15) is 0 Å². The average molecular weight is 375 g/mol. The van der Waals surface area contributed by atoms with Crippen LogP contribution >= 0.6 is 11.8 Å². The molecule has 1 heterocycles. The van der Waals surface area contributed by atoms with Gasteiger partial charge in [-0.3, -0.25) is 9.36 Å². The van der Waals surface area contributed by atoms with Crippen LogP contribution in [0.15, 0.2) is 40.3 Å². The largest absolute Gasteiger partial charge is 0.385 e. The van der Waals surface area contributed by atoms with Crippen molar-refractivity contribution >= 4 is 23.4 Å². The van der Waals surface area contributed by atoms with Crippen LogP contribution in [0.5, 0.6) is 0 Å². The first-order chi connectivity index (χ1) is 12.7. The third kappa shape index (κ3) is 5.47. The fourth-order valence-corrected chi connectivity index (χ4v) is 3.20. The second-order valence-electron chi connectivity index (χ2n) is 5.39. The molecule has 1 N–H and O–H groups in total. The van der Waals surface area contributed by atoms with Gasteiger partial charge in [0.2, 0.25) is 5.91 Å². The standard InChI is InChI=1S/C17H21N5O3S/c1-25-12-6-11-22-16(24)19-20-17(22)26-13-15(23)21(10-5-9-18)14-7-3-2-4-8-14/h2-4,7-8H,5-6,10-13H2,1H3,(H,19,24). The first-order valence-electron chi connectivity index (χ1n) is 8.16. The monoisotopic (exact) mass is 375 g/mol. The van der Waals surface area contributed by atoms with Crippen molar-refractivity contribution in [3.8, 4) is 6.07 Å². The van der Waals surface area contributed by atoms with Gasteiger partial charge in [0, 0.05) is 32.5 Å². The van der Waals surface area contributed by atoms with E-state index in [1.165, 1.54) is 16.3 Å². The van der Waals surface area contributed by atoms with E-state index in [0.29, 0.717) is 31.3 Å². The van der Waals surface area contributed by atoms with Crippen molar-refractivity contribution in [1.29, 1.82) is 5.26 Å². The first kappa shape index (κ1) is 19.8. The number of rotatable bonds is 10. The van der Waals surface area contributed by atoms with Crippen LogP contribution in [0.4, 0.5) is 5.69 Å². The molecule has 9 heteroatoms. The highest BCUT2D eigenvalue weighted by Gasteiger charge is 2.17. The molecule has 0 bridgehead atoms. The summed E-state index contributed by atoms with van der Waals surface area (Å²) in [6, 6.07) is 11.3. The second kappa shape index (κ2) is 10.4. The minimum atomic E-state index is -0.305. The average Bonchev–Trinajstić information content (AvgIpc) is 3.01. The zero-order valence-corrected chi connectivity index (χ0v) is 15.4. The van der Waals surface area contributed by atoms with Crippen LogP contribution < -0.4 is 10.6 Å². The van der Waals surface area contributed by atoms with E-state index >= 15 is 0 Å². The number of amides is 1. The molecule has 0 spiro atoms. The summed E-state index contributed by atoms with van der Waals surface area (Å²) in [7, 11) is 1.60. The number of nitriles is 1. The molecule has 0 aliphatic carbocycles. The highest BCUT2D eigenvalue weighted by molar-refractivity contribution is 7.99. The fraction of sp³-hybridized carbons (Fsp3) is 0.412. The number of benzene rings is 1. The lowest BCUT2D eigenvalue weighted by atomic mass is 10.2. The Hall–Kier alpha value is -2.57. The van der Waals surface area contributed by atoms with Crippen molar-refractivity contribution in [2.24, 2.45) is 0 Å². The Kier molecular flexibility index (Phi) is 7.92. The van der Waals surface area contributed by atoms with Crippen molar-refractivity contribution in [3.63, 3.8) is 0 Å². The third-order valence-corrected chi connectivity index (χ3v) is 4.56. The SMILES string of the molecule is COCCCn1c(SCC(=O)N(CCC#N)c2ccccc2)n[nH]c1=O. The van der Waals surface area contributed by atoms with E-state index < -0.39 is 0 Å². The Morgan fingerprint density at radius 2 is 2.19 bits per heavy atom. The van der Waals surface area contributed by atoms with Gasteiger partial charge < -0.3 is 9.64 Å². The highest BCUT2D eigenvalue weighted by atomic mass is 32.2. The van der Waals surface area contributed by atoms with Crippen molar-refractivity contribution < 1.29 is 9.53 Å². The number of nitrogens with one attached hydrogen (secondary N) is 1. The van der Waals surface area contributed by atoms with E-state index in [1.807, 2.05) is 30.3 Å². The number of anilines is 1. The lowest BCUT2D eigenvalue weighted by Gasteiger charge is -2.21. The number of hydrogen-bond acceptors (Lipinski definition) is 6. The van der Waals surface area contributed by atoms with Gasteiger partial charge in [0.05, 0.1) is 18.2 Å². The number of para-hydroxylation sites is 1. The van der Waals surface area contributed by atoms with E-state index in [0.717, 1.165) is 5.69 Å². The summed E-state index contributed by atoms with van der Waals surface area (Å²) in [5.41, 5.74) is 0.438. The summed E-state index contributed by atoms with van der Waals surface area (Å²) in [6.07, 6.45) is 0.922. The van der Waals surface area contributed by atoms with E-state index in [1.54, 1.807) is 12.0 Å². The van der Waals surface area contributed by atoms with Crippen molar-refractivity contribution in [3.05, 3.63) is 40.8 Å². The molecule has 0 aliphatic heterocycles. The molecule has 1 aromatic heterocycles. The molecule has 2 rings (SSSR count). The van der Waals surface area contributed by atoms with E-state index in [-0.39, 0.29) is 23.8 Å². The highest BCUT2D eigenvalue weighted by Crippen LogP contribution is 2.19. The van der Waals surface area contributed by atoms with Gasteiger partial charge in [-0.05, 0) is 18.6 Å². The fourth-order valence-electron chi connectivity index (χ4n) is 2.35. The van der Waals surface area contributed by atoms with Crippen LogP contribution in [0.2, 0.25) is 0 Å². The first-order valence-corrected chi connectivity index (χ1v) is 9.15. The minimum absolute atomic E-state index is 0.120. The molecule has 0 saturated heterocycles. The summed E-state index contributed by atoms with van der Waals surface area (Å²) in [5, 5.41) is 15.7. The number of carbonyl (C=O) groups is 1. The summed E-state index contributed by atoms with van der Waals surface area (Å²) in [5.74, 6) is -0.0233. The Bertz CT molecular complexity index is 797. The van der Waals surface area contributed by atoms with Crippen LogP contribution in [-0.2, 0) is 16.1 Å². The van der Waals surface area contributed by atoms with Crippen LogP contribution in [0.25, 0.3) is 0 Å². The molecule has 138 valence electrons. The number of hydrogen-bond donors (Lipinski definition) is 1. The summed E-state index contributed by atoms with van der Waals surface area (Å²) in [4.78, 5) is 26.1. The summed E-state index contributed by atoms with van der Waals surface area (Å²) < 4.78 is 6.50. The zero-order valence-electron chi connectivity index (χ0n) is 14.6. The summed E-state index contributed by atoms with van der Waals surface area (Å²) in [6.45, 7) is 1.33. The maximum absolute atomic E-state index is 12.7. The summed E-state index contributed by atoms with van der Waals surface area (Å²) >= 11 is 1.20. The van der Waals surface area contributed by atoms with Crippen molar-refractivity contribution in [2.45, 2.75) is 24.5 Å². The molecule has 0 fully saturated rings. The molecule has 1 aromatic carbocycles. The minimum Gasteiger partial charge on any atom is -0.385 e. The number of aromatic amines is 1. The molecule has 0 atom stereocenters. The number of aromatic nitrogens is 3. The molecule has 0 aliphatic rings. The molecule has 26 heavy (non-hydrogen) atoms. The van der Waals surface area contributed by atoms with Crippen LogP contribution in [0, 0.1) is 11.3 Å². The molecular formula is C17H21N5O3S. The lowest BCUT2D eigenvalue weighted by Crippen LogP contribution is -2.33. The van der Waals surface area contributed by atoms with E-state index in [2.05, 4.69) is 16.3 Å². The molecular weight excluding hydrogens is 354 g/mol. The van der Waals surface area contributed by atoms with E-state index in [4.69, 9.17) is 10.00 Å². The molecule has 0 saturated carbocycles. The molecule has 8 nitrogen and oxygen atoms in total. The van der Waals surface area contributed by atoms with Gasteiger partial charge >= 0.3 is 5.69 Å². The number of thioether (sulfide) groups is 1. The maximum atomic E-state index is 12.7. The van der Waals surface area contributed by atoms with Gasteiger partial charge in [-0.1, -0.05) is 30.0 Å². The number of ether oxygens (including phenoxy) is 1. The van der Waals surface area contributed by atoms with E-state index in [9.17, 15) is 9.59 Å². The van der Waals surface area contributed by atoms with Gasteiger partial charge in [-0.25, -0.2) is 9.89 Å². The van der Waals surface area contributed by atoms with Gasteiger partial charge in [0.25, 0.3) is 0 Å². The number of nitrogens with zero attached hydrogens (tertiary/aromatic N) is 4. The number of carbonyl (C=O) groups excluding carboxylic acids is 1. The van der Waals surface area contributed by atoms with Gasteiger partial charge in [-0.2, -0.15) is 5.26 Å². The Labute approximate surface area is 155 Å². The Morgan fingerprint density at radius 3 is 2.88 bits per heavy atom. The molecule has 2 aromatic rings. The predicted molar refractivity (Wildman–Crippen MR) is 99.1 cm³/mol. The van der Waals surface area contributed by atoms with Gasteiger partial charge in [0.15, 0.2) is 5.16 Å². The van der Waals surface area contributed by atoms with Crippen LogP contribution in [-0.4, -0.2) is 46.7 Å². The number of H-pyrrole nitrogens is 1.